The van der Waals surface area contributed by atoms with Gasteiger partial charge in [-0.2, -0.15) is 0 Å². The molecule has 0 aromatic carbocycles. The summed E-state index contributed by atoms with van der Waals surface area (Å²) in [7, 11) is -2.49. The third-order valence-electron chi connectivity index (χ3n) is 2.66. The topological polar surface area (TPSA) is 32.3 Å². The van der Waals surface area contributed by atoms with Gasteiger partial charge in [0.25, 0.3) is 0 Å². The number of carbonyl (C=O) groups excluding carboxylic acids is 1. The van der Waals surface area contributed by atoms with Gasteiger partial charge in [0.2, 0.25) is 5.91 Å². The zero-order chi connectivity index (χ0) is 13.7. The van der Waals surface area contributed by atoms with Crippen LogP contribution in [0, 0.1) is 0 Å². The summed E-state index contributed by atoms with van der Waals surface area (Å²) < 4.78 is 2.74. The van der Waals surface area contributed by atoms with E-state index in [1.165, 1.54) is 6.08 Å². The van der Waals surface area contributed by atoms with Gasteiger partial charge in [-0.05, 0) is 19.0 Å². The summed E-state index contributed by atoms with van der Waals surface area (Å²) in [4.78, 5) is 11.0. The first-order valence-corrected chi connectivity index (χ1v) is 13.2. The number of hydrogen-bond donors (Lipinski definition) is 1. The van der Waals surface area contributed by atoms with E-state index in [0.29, 0.717) is 0 Å². The highest BCUT2D eigenvalue weighted by molar-refractivity contribution is 6.89. The Balaban J connectivity index is 4.21. The van der Waals surface area contributed by atoms with Crippen LogP contribution in [0.1, 0.15) is 6.42 Å². The second kappa shape index (κ2) is 6.51. The minimum Gasteiger partial charge on any atom is -0.353 e. The van der Waals surface area contributed by atoms with Crippen molar-refractivity contribution in [3.63, 3.8) is 0 Å². The Kier molecular flexibility index (Phi) is 6.36. The molecule has 0 aromatic rings. The van der Waals surface area contributed by atoms with Gasteiger partial charge in [0.1, 0.15) is 16.5 Å². The Bertz CT molecular complexity index is 253. The lowest BCUT2D eigenvalue weighted by Gasteiger charge is -2.43. The minimum atomic E-state index is -1.25. The molecule has 0 bridgehead atoms. The summed E-state index contributed by atoms with van der Waals surface area (Å²) >= 11 is 0. The van der Waals surface area contributed by atoms with Crippen LogP contribution < -0.4 is 5.32 Å². The van der Waals surface area contributed by atoms with Crippen LogP contribution in [-0.4, -0.2) is 39.7 Å². The highest BCUT2D eigenvalue weighted by atomic mass is 28.4. The monoisotopic (exact) mass is 272 g/mol. The summed E-state index contributed by atoms with van der Waals surface area (Å²) in [6.45, 7) is 19.7. The zero-order valence-electron chi connectivity index (χ0n) is 12.3. The molecule has 0 saturated carbocycles. The van der Waals surface area contributed by atoms with E-state index in [4.69, 9.17) is 0 Å². The maximum atomic E-state index is 11.0. The van der Waals surface area contributed by atoms with E-state index in [-0.39, 0.29) is 5.91 Å². The third-order valence-corrected chi connectivity index (χ3v) is 10.4. The van der Waals surface area contributed by atoms with Crippen LogP contribution >= 0.6 is 0 Å². The highest BCUT2D eigenvalue weighted by Gasteiger charge is 2.33. The lowest BCUT2D eigenvalue weighted by Crippen LogP contribution is -2.59. The van der Waals surface area contributed by atoms with E-state index in [9.17, 15) is 4.79 Å². The molecule has 0 radical (unpaired) electrons. The second-order valence-electron chi connectivity index (χ2n) is 6.34. The molecule has 17 heavy (non-hydrogen) atoms. The molecule has 0 aliphatic rings. The lowest BCUT2D eigenvalue weighted by molar-refractivity contribution is -0.116. The van der Waals surface area contributed by atoms with Crippen molar-refractivity contribution in [3.8, 4) is 0 Å². The first-order valence-electron chi connectivity index (χ1n) is 6.27. The van der Waals surface area contributed by atoms with Gasteiger partial charge < -0.3 is 9.55 Å². The van der Waals surface area contributed by atoms with Crippen LogP contribution in [0.3, 0.4) is 0 Å². The molecule has 0 spiro atoms. The zero-order valence-corrected chi connectivity index (χ0v) is 14.3. The molecule has 0 heterocycles. The first kappa shape index (κ1) is 16.6. The fourth-order valence-electron chi connectivity index (χ4n) is 2.20. The van der Waals surface area contributed by atoms with Crippen molar-refractivity contribution in [1.29, 1.82) is 0 Å². The smallest absolute Gasteiger partial charge is 0.243 e. The molecule has 1 amide bonds. The van der Waals surface area contributed by atoms with Crippen molar-refractivity contribution >= 4 is 22.4 Å². The van der Waals surface area contributed by atoms with E-state index in [0.717, 1.165) is 19.5 Å². The van der Waals surface area contributed by atoms with Gasteiger partial charge in [0.05, 0.1) is 0 Å². The molecule has 0 aromatic heterocycles. The minimum absolute atomic E-state index is 0.0717. The van der Waals surface area contributed by atoms with Gasteiger partial charge in [0, 0.05) is 6.54 Å². The van der Waals surface area contributed by atoms with Crippen molar-refractivity contribution in [2.75, 3.05) is 13.1 Å². The Labute approximate surface area is 108 Å². The lowest BCUT2D eigenvalue weighted by atomic mass is 10.4. The van der Waals surface area contributed by atoms with E-state index < -0.39 is 16.5 Å². The Morgan fingerprint density at radius 1 is 1.18 bits per heavy atom. The Morgan fingerprint density at radius 2 is 1.65 bits per heavy atom. The molecule has 3 nitrogen and oxygen atoms in total. The van der Waals surface area contributed by atoms with E-state index in [1.807, 2.05) is 0 Å². The maximum absolute atomic E-state index is 11.0. The van der Waals surface area contributed by atoms with Crippen molar-refractivity contribution < 1.29 is 4.79 Å². The van der Waals surface area contributed by atoms with Gasteiger partial charge in [0.15, 0.2) is 0 Å². The predicted molar refractivity (Wildman–Crippen MR) is 81.2 cm³/mol. The predicted octanol–water partition coefficient (Wildman–Crippen LogP) is 2.65. The summed E-state index contributed by atoms with van der Waals surface area (Å²) in [5, 5.41) is 2.84. The normalized spacial score (nSPS) is 12.6. The molecule has 1 N–H and O–H groups in total. The van der Waals surface area contributed by atoms with E-state index in [1.54, 1.807) is 0 Å². The van der Waals surface area contributed by atoms with Gasteiger partial charge in [-0.25, -0.2) is 0 Å². The van der Waals surface area contributed by atoms with Crippen LogP contribution in [0.4, 0.5) is 0 Å². The van der Waals surface area contributed by atoms with Crippen molar-refractivity contribution in [2.45, 2.75) is 45.7 Å². The standard InChI is InChI=1S/C12H28N2OSi2/c1-8-12(15)13-10-9-11-14(16(2,3)4)17(5,6)7/h8H,1,9-11H2,2-7H3,(H,13,15). The maximum Gasteiger partial charge on any atom is 0.243 e. The molecular formula is C12H28N2OSi2. The van der Waals surface area contributed by atoms with Gasteiger partial charge >= 0.3 is 0 Å². The van der Waals surface area contributed by atoms with Crippen LogP contribution in [0.5, 0.6) is 0 Å². The SMILES string of the molecule is C=CC(=O)NCCCN([Si](C)(C)C)[Si](C)(C)C. The third kappa shape index (κ3) is 6.80. The average molecular weight is 273 g/mol. The number of hydrogen-bond acceptors (Lipinski definition) is 2. The number of amides is 1. The van der Waals surface area contributed by atoms with E-state index in [2.05, 4.69) is 55.4 Å². The van der Waals surface area contributed by atoms with Crippen LogP contribution in [0.25, 0.3) is 0 Å². The molecular weight excluding hydrogens is 244 g/mol. The Morgan fingerprint density at radius 3 is 2.00 bits per heavy atom. The molecule has 0 aliphatic heterocycles. The van der Waals surface area contributed by atoms with Crippen LogP contribution in [0.2, 0.25) is 39.3 Å². The number of rotatable bonds is 7. The van der Waals surface area contributed by atoms with Crippen molar-refractivity contribution in [2.24, 2.45) is 0 Å². The fourth-order valence-corrected chi connectivity index (χ4v) is 11.9. The highest BCUT2D eigenvalue weighted by Crippen LogP contribution is 2.19. The van der Waals surface area contributed by atoms with Crippen molar-refractivity contribution in [1.82, 2.24) is 9.55 Å². The average Bonchev–Trinajstić information content (AvgIpc) is 2.12. The second-order valence-corrected chi connectivity index (χ2v) is 16.6. The first-order chi connectivity index (χ1) is 7.59. The van der Waals surface area contributed by atoms with Gasteiger partial charge in [-0.15, -0.1) is 0 Å². The number of carbonyl (C=O) groups is 1. The molecule has 0 aliphatic carbocycles. The summed E-state index contributed by atoms with van der Waals surface area (Å²) in [6, 6.07) is 0. The molecule has 0 fully saturated rings. The Hall–Kier alpha value is -0.396. The van der Waals surface area contributed by atoms with Gasteiger partial charge in [-0.1, -0.05) is 45.9 Å². The molecule has 5 heteroatoms. The fraction of sp³-hybridized carbons (Fsp3) is 0.750. The molecule has 0 rings (SSSR count). The van der Waals surface area contributed by atoms with Crippen LogP contribution in [0.15, 0.2) is 12.7 Å². The summed E-state index contributed by atoms with van der Waals surface area (Å²) in [5.74, 6) is -0.0717. The van der Waals surface area contributed by atoms with E-state index >= 15 is 0 Å². The molecule has 0 saturated heterocycles. The van der Waals surface area contributed by atoms with Gasteiger partial charge in [-0.3, -0.25) is 4.79 Å². The largest absolute Gasteiger partial charge is 0.353 e. The quantitative estimate of drug-likeness (QED) is 0.439. The molecule has 0 unspecified atom stereocenters. The molecule has 100 valence electrons. The summed E-state index contributed by atoms with van der Waals surface area (Å²) in [5.41, 5.74) is 0. The summed E-state index contributed by atoms with van der Waals surface area (Å²) in [6.07, 6.45) is 2.35. The van der Waals surface area contributed by atoms with Crippen LogP contribution in [-0.2, 0) is 4.79 Å². The molecule has 0 atom stereocenters. The number of nitrogens with zero attached hydrogens (tertiary/aromatic N) is 1. The number of nitrogens with one attached hydrogen (secondary N) is 1. The van der Waals surface area contributed by atoms with Crippen molar-refractivity contribution in [3.05, 3.63) is 12.7 Å².